The molecule has 2 aromatic carbocycles. The van der Waals surface area contributed by atoms with Crippen LogP contribution in [0.1, 0.15) is 35.6 Å². The number of non-ortho nitro benzene ring substituents is 1. The molecule has 2 aromatic rings. The maximum Gasteiger partial charge on any atom is 0.269 e. The first-order chi connectivity index (χ1) is 11.6. The summed E-state index contributed by atoms with van der Waals surface area (Å²) in [4.78, 5) is 10.5. The van der Waals surface area contributed by atoms with E-state index in [4.69, 9.17) is 5.10 Å². The van der Waals surface area contributed by atoms with E-state index < -0.39 is 0 Å². The zero-order valence-electron chi connectivity index (χ0n) is 12.9. The summed E-state index contributed by atoms with van der Waals surface area (Å²) < 4.78 is 1.83. The molecule has 0 bridgehead atoms. The van der Waals surface area contributed by atoms with Gasteiger partial charge in [0.05, 0.1) is 32.8 Å². The van der Waals surface area contributed by atoms with Crippen molar-refractivity contribution < 1.29 is 4.92 Å². The number of rotatable bonds is 2. The zero-order chi connectivity index (χ0) is 16.7. The average molecular weight is 386 g/mol. The minimum Gasteiger partial charge on any atom is -0.258 e. The predicted octanol–water partition coefficient (Wildman–Crippen LogP) is 4.62. The van der Waals surface area contributed by atoms with Crippen molar-refractivity contribution in [2.24, 2.45) is 11.0 Å². The van der Waals surface area contributed by atoms with Crippen LogP contribution in [0.25, 0.3) is 0 Å². The van der Waals surface area contributed by atoms with Gasteiger partial charge in [-0.05, 0) is 30.4 Å². The molecule has 1 aliphatic carbocycles. The topological polar surface area (TPSA) is 58.7 Å². The van der Waals surface area contributed by atoms with E-state index in [0.29, 0.717) is 0 Å². The summed E-state index contributed by atoms with van der Waals surface area (Å²) in [7, 11) is 0. The lowest BCUT2D eigenvalue weighted by atomic mass is 9.86. The third-order valence-corrected chi connectivity index (χ3v) is 5.46. The number of halogens is 1. The van der Waals surface area contributed by atoms with E-state index in [1.807, 2.05) is 16.2 Å². The van der Waals surface area contributed by atoms with Crippen molar-refractivity contribution in [3.05, 3.63) is 75.3 Å². The molecule has 24 heavy (non-hydrogen) atoms. The number of aryl methyl sites for hydroxylation is 1. The third-order valence-electron chi connectivity index (χ3n) is 4.87. The first-order valence-electron chi connectivity index (χ1n) is 8.01. The highest BCUT2D eigenvalue weighted by Gasteiger charge is 2.39. The largest absolute Gasteiger partial charge is 0.269 e. The van der Waals surface area contributed by atoms with E-state index in [1.54, 1.807) is 12.1 Å². The van der Waals surface area contributed by atoms with Gasteiger partial charge in [-0.2, -0.15) is 5.10 Å². The number of hydrogen-bond donors (Lipinski definition) is 0. The summed E-state index contributed by atoms with van der Waals surface area (Å²) in [6.07, 6.45) is 3.24. The number of nitro groups is 1. The Labute approximate surface area is 148 Å². The summed E-state index contributed by atoms with van der Waals surface area (Å²) in [6.45, 7) is 0. The fourth-order valence-electron chi connectivity index (χ4n) is 3.73. The summed E-state index contributed by atoms with van der Waals surface area (Å²) in [5.41, 5.74) is 4.85. The van der Waals surface area contributed by atoms with Gasteiger partial charge >= 0.3 is 0 Å². The standard InChI is InChI=1S/C18H16BrN3O2/c19-21-18(13-8-10-14(11-9-13)22(23)24)16-7-3-5-12-4-1-2-6-15(12)17(16)20-21/h1-2,4,6,8-11,16,18H,3,5,7H2. The van der Waals surface area contributed by atoms with Crippen molar-refractivity contribution in [1.82, 2.24) is 4.03 Å². The summed E-state index contributed by atoms with van der Waals surface area (Å²) in [5.74, 6) is 0.287. The van der Waals surface area contributed by atoms with Gasteiger partial charge in [0, 0.05) is 23.6 Å². The molecular weight excluding hydrogens is 370 g/mol. The van der Waals surface area contributed by atoms with Crippen LogP contribution in [0.5, 0.6) is 0 Å². The smallest absolute Gasteiger partial charge is 0.258 e. The number of nitro benzene ring substituents is 1. The summed E-state index contributed by atoms with van der Waals surface area (Å²) in [5, 5.41) is 15.6. The molecule has 1 heterocycles. The van der Waals surface area contributed by atoms with Gasteiger partial charge in [0.15, 0.2) is 0 Å². The van der Waals surface area contributed by atoms with Crippen LogP contribution in [0.15, 0.2) is 53.6 Å². The first-order valence-corrected chi connectivity index (χ1v) is 8.72. The van der Waals surface area contributed by atoms with Gasteiger partial charge in [-0.15, -0.1) is 0 Å². The van der Waals surface area contributed by atoms with Crippen molar-refractivity contribution in [1.29, 1.82) is 0 Å². The van der Waals surface area contributed by atoms with Crippen LogP contribution in [0, 0.1) is 16.0 Å². The number of fused-ring (bicyclic) bond motifs is 3. The molecule has 0 fully saturated rings. The van der Waals surface area contributed by atoms with Crippen molar-refractivity contribution in [2.45, 2.75) is 25.3 Å². The Hall–Kier alpha value is -2.21. The average Bonchev–Trinajstić information content (AvgIpc) is 2.81. The molecule has 0 saturated carbocycles. The minimum atomic E-state index is -0.367. The maximum atomic E-state index is 10.9. The molecule has 0 saturated heterocycles. The molecule has 6 heteroatoms. The second-order valence-electron chi connectivity index (χ2n) is 6.22. The molecule has 1 aliphatic heterocycles. The molecular formula is C18H16BrN3O2. The van der Waals surface area contributed by atoms with E-state index in [0.717, 1.165) is 30.5 Å². The maximum absolute atomic E-state index is 10.9. The van der Waals surface area contributed by atoms with Crippen LogP contribution < -0.4 is 0 Å². The van der Waals surface area contributed by atoms with Crippen LogP contribution in [0.3, 0.4) is 0 Å². The van der Waals surface area contributed by atoms with E-state index in [9.17, 15) is 10.1 Å². The van der Waals surface area contributed by atoms with Crippen LogP contribution >= 0.6 is 16.1 Å². The normalized spacial score (nSPS) is 22.4. The number of hydrazone groups is 1. The molecule has 4 rings (SSSR count). The molecule has 2 unspecified atom stereocenters. The molecule has 0 spiro atoms. The van der Waals surface area contributed by atoms with Gasteiger partial charge in [-0.25, -0.2) is 4.03 Å². The fraction of sp³-hybridized carbons (Fsp3) is 0.278. The van der Waals surface area contributed by atoms with Crippen molar-refractivity contribution >= 4 is 27.5 Å². The molecule has 5 nitrogen and oxygen atoms in total. The second-order valence-corrected chi connectivity index (χ2v) is 6.95. The van der Waals surface area contributed by atoms with Gasteiger partial charge in [0.2, 0.25) is 0 Å². The highest BCUT2D eigenvalue weighted by Crippen LogP contribution is 2.44. The molecule has 122 valence electrons. The molecule has 0 N–H and O–H groups in total. The monoisotopic (exact) mass is 385 g/mol. The lowest BCUT2D eigenvalue weighted by Gasteiger charge is -2.23. The Morgan fingerprint density at radius 2 is 1.92 bits per heavy atom. The summed E-state index contributed by atoms with van der Waals surface area (Å²) >= 11 is 3.57. The van der Waals surface area contributed by atoms with E-state index in [1.165, 1.54) is 11.1 Å². The van der Waals surface area contributed by atoms with Crippen LogP contribution in [0.4, 0.5) is 5.69 Å². The Morgan fingerprint density at radius 3 is 2.67 bits per heavy atom. The van der Waals surface area contributed by atoms with E-state index in [-0.39, 0.29) is 22.6 Å². The number of nitrogens with zero attached hydrogens (tertiary/aromatic N) is 3. The van der Waals surface area contributed by atoms with Gasteiger partial charge < -0.3 is 0 Å². The lowest BCUT2D eigenvalue weighted by Crippen LogP contribution is -2.20. The Kier molecular flexibility index (Phi) is 3.84. The SMILES string of the molecule is O=[N+]([O-])c1ccc(C2C3CCCc4ccccc4C3=NN2Br)cc1. The molecule has 2 aliphatic rings. The third kappa shape index (κ3) is 2.51. The van der Waals surface area contributed by atoms with Crippen LogP contribution in [-0.2, 0) is 6.42 Å². The number of hydrogen-bond acceptors (Lipinski definition) is 4. The van der Waals surface area contributed by atoms with Crippen molar-refractivity contribution in [2.75, 3.05) is 0 Å². The molecule has 2 atom stereocenters. The quantitative estimate of drug-likeness (QED) is 0.430. The zero-order valence-corrected chi connectivity index (χ0v) is 14.5. The van der Waals surface area contributed by atoms with Crippen LogP contribution in [-0.4, -0.2) is 14.7 Å². The number of benzene rings is 2. The first kappa shape index (κ1) is 15.3. The molecule has 0 amide bonds. The van der Waals surface area contributed by atoms with Gasteiger partial charge in [-0.1, -0.05) is 36.4 Å². The van der Waals surface area contributed by atoms with Crippen molar-refractivity contribution in [3.63, 3.8) is 0 Å². The van der Waals surface area contributed by atoms with Gasteiger partial charge in [0.1, 0.15) is 0 Å². The predicted molar refractivity (Wildman–Crippen MR) is 96.0 cm³/mol. The fourth-order valence-corrected chi connectivity index (χ4v) is 4.43. The van der Waals surface area contributed by atoms with Gasteiger partial charge in [-0.3, -0.25) is 10.1 Å². The second kappa shape index (κ2) is 6.02. The van der Waals surface area contributed by atoms with E-state index >= 15 is 0 Å². The van der Waals surface area contributed by atoms with Crippen LogP contribution in [0.2, 0.25) is 0 Å². The highest BCUT2D eigenvalue weighted by molar-refractivity contribution is 9.07. The molecule has 0 radical (unpaired) electrons. The van der Waals surface area contributed by atoms with Gasteiger partial charge in [0.25, 0.3) is 5.69 Å². The minimum absolute atomic E-state index is 0.0620. The molecule has 0 aromatic heterocycles. The summed E-state index contributed by atoms with van der Waals surface area (Å²) in [6, 6.07) is 15.3. The van der Waals surface area contributed by atoms with E-state index in [2.05, 4.69) is 40.4 Å². The van der Waals surface area contributed by atoms with Crippen molar-refractivity contribution in [3.8, 4) is 0 Å². The highest BCUT2D eigenvalue weighted by atomic mass is 79.9. The Bertz CT molecular complexity index is 819. The lowest BCUT2D eigenvalue weighted by molar-refractivity contribution is -0.384. The Balaban J connectivity index is 1.72. The Morgan fingerprint density at radius 1 is 1.17 bits per heavy atom.